The minimum absolute atomic E-state index is 0.0364. The van der Waals surface area contributed by atoms with Crippen LogP contribution in [0.2, 0.25) is 0 Å². The normalized spacial score (nSPS) is 30.5. The second-order valence-corrected chi connectivity index (χ2v) is 12.5. The number of rotatable bonds is 3. The molecule has 0 bridgehead atoms. The predicted octanol–water partition coefficient (Wildman–Crippen LogP) is 6.27. The number of piperidine rings is 1. The summed E-state index contributed by atoms with van der Waals surface area (Å²) in [5, 5.41) is 3.57. The third-order valence-corrected chi connectivity index (χ3v) is 10.2. The molecule has 1 spiro atoms. The zero-order valence-corrected chi connectivity index (χ0v) is 22.9. The largest absolute Gasteiger partial charge is 0.339 e. The highest BCUT2D eigenvalue weighted by molar-refractivity contribution is 9.10. The van der Waals surface area contributed by atoms with Crippen molar-refractivity contribution in [1.82, 2.24) is 15.2 Å². The molecule has 1 aromatic carbocycles. The standard InChI is InChI=1S/C30H36BrF2N3O/c31-27-12-11-21-25(35-27)10-5-14-30(21)18-34-17-22(30)29(37)36-15-13-20(28-23(32)8-4-9-24(28)33)16-26(36)19-6-2-1-3-7-19/h4,8-9,11-12,19-20,22,26,34H,1-3,5-7,10,13-18H2/t20-,22+,26+,30+/m1/s1. The van der Waals surface area contributed by atoms with Crippen molar-refractivity contribution in [3.63, 3.8) is 0 Å². The second kappa shape index (κ2) is 10.4. The average molecular weight is 573 g/mol. The number of halogens is 3. The fourth-order valence-corrected chi connectivity index (χ4v) is 8.40. The van der Waals surface area contributed by atoms with Gasteiger partial charge in [-0.1, -0.05) is 31.4 Å². The van der Waals surface area contributed by atoms with Crippen LogP contribution in [-0.4, -0.2) is 41.5 Å². The van der Waals surface area contributed by atoms with Gasteiger partial charge in [0.2, 0.25) is 5.91 Å². The highest BCUT2D eigenvalue weighted by Crippen LogP contribution is 2.47. The first kappa shape index (κ1) is 25.4. The molecule has 4 atom stereocenters. The van der Waals surface area contributed by atoms with Crippen molar-refractivity contribution in [1.29, 1.82) is 0 Å². The van der Waals surface area contributed by atoms with Crippen LogP contribution in [0.1, 0.15) is 80.5 Å². The van der Waals surface area contributed by atoms with Gasteiger partial charge in [-0.2, -0.15) is 0 Å². The number of likely N-dealkylation sites (tertiary alicyclic amines) is 1. The van der Waals surface area contributed by atoms with Crippen molar-refractivity contribution in [3.05, 3.63) is 63.4 Å². The number of pyridine rings is 1. The Bertz CT molecular complexity index is 1150. The Morgan fingerprint density at radius 3 is 2.62 bits per heavy atom. The van der Waals surface area contributed by atoms with Crippen molar-refractivity contribution < 1.29 is 13.6 Å². The van der Waals surface area contributed by atoms with Gasteiger partial charge in [-0.05, 0) is 96.5 Å². The fraction of sp³-hybridized carbons (Fsp3) is 0.600. The minimum Gasteiger partial charge on any atom is -0.339 e. The maximum Gasteiger partial charge on any atom is 0.228 e. The molecule has 2 aromatic rings. The van der Waals surface area contributed by atoms with Crippen LogP contribution in [0.25, 0.3) is 0 Å². The molecular weight excluding hydrogens is 536 g/mol. The van der Waals surface area contributed by atoms with Gasteiger partial charge in [0.1, 0.15) is 16.2 Å². The van der Waals surface area contributed by atoms with Gasteiger partial charge >= 0.3 is 0 Å². The second-order valence-electron chi connectivity index (χ2n) is 11.7. The molecule has 3 fully saturated rings. The molecule has 0 radical (unpaired) electrons. The number of nitrogens with one attached hydrogen (secondary N) is 1. The molecule has 198 valence electrons. The van der Waals surface area contributed by atoms with Crippen molar-refractivity contribution in [2.24, 2.45) is 11.8 Å². The number of nitrogens with zero attached hydrogens (tertiary/aromatic N) is 2. The Kier molecular flexibility index (Phi) is 7.12. The lowest BCUT2D eigenvalue weighted by Crippen LogP contribution is -2.55. The van der Waals surface area contributed by atoms with E-state index >= 15 is 0 Å². The maximum atomic E-state index is 14.8. The van der Waals surface area contributed by atoms with Gasteiger partial charge in [0.05, 0.1) is 5.92 Å². The van der Waals surface area contributed by atoms with Crippen LogP contribution in [0.5, 0.6) is 0 Å². The lowest BCUT2D eigenvalue weighted by molar-refractivity contribution is -0.143. The van der Waals surface area contributed by atoms with E-state index in [2.05, 4.69) is 32.2 Å². The number of hydrogen-bond acceptors (Lipinski definition) is 3. The average Bonchev–Trinajstić information content (AvgIpc) is 3.32. The zero-order valence-electron chi connectivity index (χ0n) is 21.3. The smallest absolute Gasteiger partial charge is 0.228 e. The molecule has 2 saturated heterocycles. The molecule has 3 heterocycles. The predicted molar refractivity (Wildman–Crippen MR) is 143 cm³/mol. The van der Waals surface area contributed by atoms with Gasteiger partial charge in [-0.15, -0.1) is 0 Å². The molecule has 37 heavy (non-hydrogen) atoms. The van der Waals surface area contributed by atoms with Crippen LogP contribution in [0.15, 0.2) is 34.9 Å². The van der Waals surface area contributed by atoms with Gasteiger partial charge in [-0.3, -0.25) is 4.79 Å². The summed E-state index contributed by atoms with van der Waals surface area (Å²) in [6.45, 7) is 2.04. The van der Waals surface area contributed by atoms with E-state index in [9.17, 15) is 13.6 Å². The van der Waals surface area contributed by atoms with E-state index in [1.165, 1.54) is 43.0 Å². The van der Waals surface area contributed by atoms with Crippen LogP contribution in [0.4, 0.5) is 8.78 Å². The van der Waals surface area contributed by atoms with E-state index < -0.39 is 11.6 Å². The summed E-state index contributed by atoms with van der Waals surface area (Å²) in [5.41, 5.74) is 2.32. The number of carbonyl (C=O) groups is 1. The molecule has 4 aliphatic rings. The number of benzene rings is 1. The topological polar surface area (TPSA) is 45.2 Å². The molecule has 4 nitrogen and oxygen atoms in total. The van der Waals surface area contributed by atoms with E-state index in [-0.39, 0.29) is 34.8 Å². The highest BCUT2D eigenvalue weighted by Gasteiger charge is 2.53. The maximum absolute atomic E-state index is 14.8. The molecule has 1 aromatic heterocycles. The number of amides is 1. The summed E-state index contributed by atoms with van der Waals surface area (Å²) in [6, 6.07) is 8.39. The monoisotopic (exact) mass is 571 g/mol. The van der Waals surface area contributed by atoms with Crippen LogP contribution < -0.4 is 5.32 Å². The molecule has 2 aliphatic carbocycles. The van der Waals surface area contributed by atoms with Gasteiger partial charge in [-0.25, -0.2) is 13.8 Å². The van der Waals surface area contributed by atoms with E-state index in [0.29, 0.717) is 31.8 Å². The molecule has 0 unspecified atom stereocenters. The first-order valence-corrected chi connectivity index (χ1v) is 14.9. The Morgan fingerprint density at radius 2 is 1.84 bits per heavy atom. The summed E-state index contributed by atoms with van der Waals surface area (Å²) in [7, 11) is 0. The van der Waals surface area contributed by atoms with E-state index in [1.54, 1.807) is 0 Å². The Labute approximate surface area is 226 Å². The van der Waals surface area contributed by atoms with Gasteiger partial charge < -0.3 is 10.2 Å². The van der Waals surface area contributed by atoms with Crippen LogP contribution in [-0.2, 0) is 16.6 Å². The van der Waals surface area contributed by atoms with E-state index in [1.807, 2.05) is 6.07 Å². The third-order valence-electron chi connectivity index (χ3n) is 9.80. The number of hydrogen-bond donors (Lipinski definition) is 1. The van der Waals surface area contributed by atoms with E-state index in [0.717, 1.165) is 48.9 Å². The van der Waals surface area contributed by atoms with Crippen molar-refractivity contribution >= 4 is 21.8 Å². The lowest BCUT2D eigenvalue weighted by atomic mass is 9.64. The number of fused-ring (bicyclic) bond motifs is 2. The van der Waals surface area contributed by atoms with Gasteiger partial charge in [0, 0.05) is 42.3 Å². The third kappa shape index (κ3) is 4.54. The summed E-state index contributed by atoms with van der Waals surface area (Å²) < 4.78 is 30.4. The lowest BCUT2D eigenvalue weighted by Gasteiger charge is -2.48. The zero-order chi connectivity index (χ0) is 25.6. The number of aryl methyl sites for hydroxylation is 1. The minimum atomic E-state index is -0.455. The summed E-state index contributed by atoms with van der Waals surface area (Å²) in [4.78, 5) is 21.4. The SMILES string of the molecule is O=C([C@@H]1CNC[C@]12CCCc1nc(Br)ccc12)N1CC[C@@H](c2c(F)cccc2F)C[C@H]1C1CCCCC1. The molecule has 1 amide bonds. The fourth-order valence-electron chi connectivity index (χ4n) is 8.05. The highest BCUT2D eigenvalue weighted by atomic mass is 79.9. The number of aromatic nitrogens is 1. The van der Waals surface area contributed by atoms with Crippen LogP contribution in [0.3, 0.4) is 0 Å². The summed E-state index contributed by atoms with van der Waals surface area (Å²) >= 11 is 3.53. The molecule has 2 aliphatic heterocycles. The first-order chi connectivity index (χ1) is 18.0. The van der Waals surface area contributed by atoms with Crippen molar-refractivity contribution in [2.75, 3.05) is 19.6 Å². The molecular formula is C30H36BrF2N3O. The molecule has 6 rings (SSSR count). The van der Waals surface area contributed by atoms with Gasteiger partial charge in [0.25, 0.3) is 0 Å². The molecule has 1 N–H and O–H groups in total. The molecule has 1 saturated carbocycles. The summed E-state index contributed by atoms with van der Waals surface area (Å²) in [5.74, 6) is -0.611. The van der Waals surface area contributed by atoms with E-state index in [4.69, 9.17) is 4.98 Å². The van der Waals surface area contributed by atoms with Crippen LogP contribution >= 0.6 is 15.9 Å². The molecule has 7 heteroatoms. The number of carbonyl (C=O) groups excluding carboxylic acids is 1. The Balaban J connectivity index is 1.32. The Morgan fingerprint density at radius 1 is 1.05 bits per heavy atom. The Hall–Kier alpha value is -1.86. The quantitative estimate of drug-likeness (QED) is 0.441. The van der Waals surface area contributed by atoms with Crippen LogP contribution in [0, 0.1) is 23.5 Å². The van der Waals surface area contributed by atoms with Crippen molar-refractivity contribution in [2.45, 2.75) is 81.6 Å². The van der Waals surface area contributed by atoms with Crippen molar-refractivity contribution in [3.8, 4) is 0 Å². The summed E-state index contributed by atoms with van der Waals surface area (Å²) in [6.07, 6.45) is 9.97. The first-order valence-electron chi connectivity index (χ1n) is 14.1. The van der Waals surface area contributed by atoms with Gasteiger partial charge in [0.15, 0.2) is 0 Å².